The zero-order valence-electron chi connectivity index (χ0n) is 15.5. The highest BCUT2D eigenvalue weighted by molar-refractivity contribution is 7.09. The molecule has 0 bridgehead atoms. The monoisotopic (exact) mass is 399 g/mol. The maximum atomic E-state index is 12.6. The molecule has 0 radical (unpaired) electrons. The van der Waals surface area contributed by atoms with Crippen molar-refractivity contribution < 1.29 is 19.1 Å². The summed E-state index contributed by atoms with van der Waals surface area (Å²) in [6.45, 7) is 2.85. The average molecular weight is 399 g/mol. The van der Waals surface area contributed by atoms with E-state index >= 15 is 0 Å². The van der Waals surface area contributed by atoms with Crippen molar-refractivity contribution in [3.05, 3.63) is 46.1 Å². The Balaban J connectivity index is 1.47. The third-order valence-electron chi connectivity index (χ3n) is 4.70. The summed E-state index contributed by atoms with van der Waals surface area (Å²) in [6.07, 6.45) is 1.23. The summed E-state index contributed by atoms with van der Waals surface area (Å²) in [6, 6.07) is 6.94. The van der Waals surface area contributed by atoms with Gasteiger partial charge in [-0.3, -0.25) is 9.59 Å². The van der Waals surface area contributed by atoms with Gasteiger partial charge in [0, 0.05) is 29.5 Å². The number of hydrogen-bond donors (Lipinski definition) is 2. The highest BCUT2D eigenvalue weighted by atomic mass is 32.1. The molecule has 3 aromatic rings. The van der Waals surface area contributed by atoms with Crippen LogP contribution in [0.3, 0.4) is 0 Å². The topological polar surface area (TPSA) is 95.7 Å². The van der Waals surface area contributed by atoms with Gasteiger partial charge in [-0.2, -0.15) is 0 Å². The first-order chi connectivity index (χ1) is 13.5. The third-order valence-corrected chi connectivity index (χ3v) is 5.53. The molecular weight excluding hydrogens is 378 g/mol. The molecule has 1 aliphatic rings. The molecule has 1 saturated heterocycles. The highest BCUT2D eigenvalue weighted by Crippen LogP contribution is 2.25. The Kier molecular flexibility index (Phi) is 5.15. The average Bonchev–Trinajstić information content (AvgIpc) is 3.26. The normalized spacial score (nSPS) is 17.1. The number of hydrogen-bond acceptors (Lipinski definition) is 6. The Morgan fingerprint density at radius 2 is 2.25 bits per heavy atom. The molecule has 1 atom stereocenters. The molecule has 1 aromatic carbocycles. The molecule has 2 N–H and O–H groups in total. The quantitative estimate of drug-likeness (QED) is 0.703. The zero-order valence-corrected chi connectivity index (χ0v) is 16.3. The van der Waals surface area contributed by atoms with E-state index in [1.165, 1.54) is 11.3 Å². The maximum Gasteiger partial charge on any atom is 0.289 e. The van der Waals surface area contributed by atoms with Crippen molar-refractivity contribution >= 4 is 39.8 Å². The van der Waals surface area contributed by atoms with Gasteiger partial charge in [0.15, 0.2) is 5.76 Å². The van der Waals surface area contributed by atoms with Crippen molar-refractivity contribution in [1.82, 2.24) is 9.88 Å². The number of carbonyl (C=O) groups excluding carboxylic acids is 2. The number of piperidine rings is 1. The molecular formula is C20H21N3O4S. The van der Waals surface area contributed by atoms with Crippen LogP contribution in [0.2, 0.25) is 0 Å². The van der Waals surface area contributed by atoms with E-state index in [0.717, 1.165) is 22.5 Å². The number of aliphatic hydroxyl groups excluding tert-OH is 1. The summed E-state index contributed by atoms with van der Waals surface area (Å²) in [4.78, 5) is 30.8. The smallest absolute Gasteiger partial charge is 0.289 e. The molecule has 146 valence electrons. The van der Waals surface area contributed by atoms with Crippen LogP contribution in [0, 0.1) is 6.92 Å². The second kappa shape index (κ2) is 7.73. The van der Waals surface area contributed by atoms with Crippen molar-refractivity contribution in [2.24, 2.45) is 0 Å². The zero-order chi connectivity index (χ0) is 19.7. The largest absolute Gasteiger partial charge is 0.451 e. The number of furan rings is 1. The molecule has 3 heterocycles. The fourth-order valence-corrected chi connectivity index (χ4v) is 3.99. The van der Waals surface area contributed by atoms with Gasteiger partial charge in [0.1, 0.15) is 5.58 Å². The predicted octanol–water partition coefficient (Wildman–Crippen LogP) is 2.98. The molecule has 2 amide bonds. The van der Waals surface area contributed by atoms with E-state index in [4.69, 9.17) is 4.42 Å². The minimum atomic E-state index is -0.481. The lowest BCUT2D eigenvalue weighted by Crippen LogP contribution is -2.42. The Labute approximate surface area is 166 Å². The lowest BCUT2D eigenvalue weighted by atomic mass is 10.1. The van der Waals surface area contributed by atoms with Gasteiger partial charge < -0.3 is 19.7 Å². The van der Waals surface area contributed by atoms with Crippen LogP contribution in [-0.2, 0) is 11.2 Å². The van der Waals surface area contributed by atoms with E-state index < -0.39 is 6.10 Å². The van der Waals surface area contributed by atoms with Crippen molar-refractivity contribution in [1.29, 1.82) is 0 Å². The molecule has 7 nitrogen and oxygen atoms in total. The summed E-state index contributed by atoms with van der Waals surface area (Å²) in [5, 5.41) is 16.2. The Morgan fingerprint density at radius 3 is 3.00 bits per heavy atom. The van der Waals surface area contributed by atoms with Gasteiger partial charge in [0.2, 0.25) is 5.91 Å². The van der Waals surface area contributed by atoms with Gasteiger partial charge in [-0.05, 0) is 44.0 Å². The number of anilines is 1. The summed E-state index contributed by atoms with van der Waals surface area (Å²) >= 11 is 1.52. The number of rotatable bonds is 4. The molecule has 0 spiro atoms. The highest BCUT2D eigenvalue weighted by Gasteiger charge is 2.25. The molecule has 0 aliphatic carbocycles. The molecule has 1 fully saturated rings. The molecule has 28 heavy (non-hydrogen) atoms. The van der Waals surface area contributed by atoms with Gasteiger partial charge in [-0.1, -0.05) is 0 Å². The fraction of sp³-hybridized carbons (Fsp3) is 0.350. The number of fused-ring (bicyclic) bond motifs is 1. The van der Waals surface area contributed by atoms with Gasteiger partial charge in [0.25, 0.3) is 5.91 Å². The van der Waals surface area contributed by atoms with Crippen LogP contribution in [0.4, 0.5) is 5.69 Å². The van der Waals surface area contributed by atoms with Crippen molar-refractivity contribution in [2.45, 2.75) is 32.3 Å². The number of likely N-dealkylation sites (tertiary alicyclic amines) is 1. The number of nitrogens with zero attached hydrogens (tertiary/aromatic N) is 2. The lowest BCUT2D eigenvalue weighted by Gasteiger charge is -2.29. The maximum absolute atomic E-state index is 12.6. The van der Waals surface area contributed by atoms with Crippen LogP contribution in [0.1, 0.15) is 34.1 Å². The van der Waals surface area contributed by atoms with Gasteiger partial charge >= 0.3 is 0 Å². The number of aryl methyl sites for hydroxylation is 1. The number of nitrogens with one attached hydrogen (secondary N) is 1. The molecule has 2 aromatic heterocycles. The van der Waals surface area contributed by atoms with Crippen LogP contribution in [0.5, 0.6) is 0 Å². The first kappa shape index (κ1) is 18.6. The van der Waals surface area contributed by atoms with E-state index in [9.17, 15) is 14.7 Å². The van der Waals surface area contributed by atoms with Crippen LogP contribution in [0.15, 0.2) is 34.1 Å². The molecule has 1 unspecified atom stereocenters. The van der Waals surface area contributed by atoms with E-state index in [0.29, 0.717) is 30.8 Å². The Bertz CT molecular complexity index is 1030. The minimum Gasteiger partial charge on any atom is -0.451 e. The lowest BCUT2D eigenvalue weighted by molar-refractivity contribution is -0.115. The summed E-state index contributed by atoms with van der Waals surface area (Å²) in [7, 11) is 0. The first-order valence-electron chi connectivity index (χ1n) is 9.20. The molecule has 8 heteroatoms. The van der Waals surface area contributed by atoms with Crippen molar-refractivity contribution in [2.75, 3.05) is 18.4 Å². The SMILES string of the molecule is Cc1nc(CC(=O)Nc2ccc3oc(C(=O)N4CCCC(O)C4)cc3c2)cs1. The minimum absolute atomic E-state index is 0.147. The Hall–Kier alpha value is -2.71. The van der Waals surface area contributed by atoms with E-state index in [2.05, 4.69) is 10.3 Å². The predicted molar refractivity (Wildman–Crippen MR) is 107 cm³/mol. The molecule has 1 aliphatic heterocycles. The third kappa shape index (κ3) is 4.07. The van der Waals surface area contributed by atoms with Gasteiger partial charge in [-0.25, -0.2) is 4.98 Å². The van der Waals surface area contributed by atoms with E-state index in [1.54, 1.807) is 29.2 Å². The number of benzene rings is 1. The fourth-order valence-electron chi connectivity index (χ4n) is 3.38. The number of aliphatic hydroxyl groups is 1. The second-order valence-corrected chi connectivity index (χ2v) is 8.06. The van der Waals surface area contributed by atoms with Crippen LogP contribution in [-0.4, -0.2) is 46.0 Å². The van der Waals surface area contributed by atoms with Crippen LogP contribution in [0.25, 0.3) is 11.0 Å². The Morgan fingerprint density at radius 1 is 1.39 bits per heavy atom. The van der Waals surface area contributed by atoms with Crippen molar-refractivity contribution in [3.8, 4) is 0 Å². The van der Waals surface area contributed by atoms with E-state index in [1.807, 2.05) is 12.3 Å². The van der Waals surface area contributed by atoms with Gasteiger partial charge in [0.05, 0.1) is 23.2 Å². The number of thiazole rings is 1. The molecule has 4 rings (SSSR count). The number of aromatic nitrogens is 1. The van der Waals surface area contributed by atoms with E-state index in [-0.39, 0.29) is 24.0 Å². The standard InChI is InChI=1S/C20H21N3O4S/c1-12-21-15(11-28-12)9-19(25)22-14-4-5-17-13(7-14)8-18(27-17)20(26)23-6-2-3-16(24)10-23/h4-5,7-8,11,16,24H,2-3,6,9-10H2,1H3,(H,22,25). The summed E-state index contributed by atoms with van der Waals surface area (Å²) in [5.41, 5.74) is 1.97. The second-order valence-electron chi connectivity index (χ2n) is 6.99. The number of β-amino-alcohol motifs (C(OH)–C–C–N with tert-alkyl or cyclic N) is 1. The van der Waals surface area contributed by atoms with Gasteiger partial charge in [-0.15, -0.1) is 11.3 Å². The number of carbonyl (C=O) groups is 2. The van der Waals surface area contributed by atoms with Crippen LogP contribution < -0.4 is 5.32 Å². The van der Waals surface area contributed by atoms with Crippen molar-refractivity contribution in [3.63, 3.8) is 0 Å². The number of amides is 2. The summed E-state index contributed by atoms with van der Waals surface area (Å²) < 4.78 is 5.68. The molecule has 0 saturated carbocycles. The first-order valence-corrected chi connectivity index (χ1v) is 10.1. The summed E-state index contributed by atoms with van der Waals surface area (Å²) in [5.74, 6) is -0.128. The van der Waals surface area contributed by atoms with Crippen LogP contribution >= 0.6 is 11.3 Å².